The molecule has 1 aromatic rings. The van der Waals surface area contributed by atoms with Crippen molar-refractivity contribution in [3.8, 4) is 5.75 Å². The molecule has 1 fully saturated rings. The Labute approximate surface area is 114 Å². The fraction of sp³-hybridized carbons (Fsp3) is 0.667. The molecule has 1 aromatic heterocycles. The van der Waals surface area contributed by atoms with Crippen molar-refractivity contribution in [2.45, 2.75) is 46.2 Å². The van der Waals surface area contributed by atoms with E-state index in [4.69, 9.17) is 0 Å². The summed E-state index contributed by atoms with van der Waals surface area (Å²) in [6, 6.07) is 1.82. The summed E-state index contributed by atoms with van der Waals surface area (Å²) in [6.07, 6.45) is 4.09. The van der Waals surface area contributed by atoms with Crippen molar-refractivity contribution in [3.63, 3.8) is 0 Å². The monoisotopic (exact) mass is 264 g/mol. The Hall–Kier alpha value is -1.29. The summed E-state index contributed by atoms with van der Waals surface area (Å²) in [5.41, 5.74) is 0.712. The minimum absolute atomic E-state index is 0.163. The van der Waals surface area contributed by atoms with Gasteiger partial charge >= 0.3 is 0 Å². The van der Waals surface area contributed by atoms with Crippen LogP contribution in [0.1, 0.15) is 45.3 Å². The molecule has 0 amide bonds. The van der Waals surface area contributed by atoms with Gasteiger partial charge in [-0.1, -0.05) is 6.92 Å². The lowest BCUT2D eigenvalue weighted by atomic mass is 10.0. The van der Waals surface area contributed by atoms with Crippen LogP contribution in [0.2, 0.25) is 0 Å². The maximum absolute atomic E-state index is 11.6. The Morgan fingerprint density at radius 1 is 1.47 bits per heavy atom. The van der Waals surface area contributed by atoms with E-state index < -0.39 is 0 Å². The fourth-order valence-electron chi connectivity index (χ4n) is 2.85. The van der Waals surface area contributed by atoms with Gasteiger partial charge in [-0.05, 0) is 39.2 Å². The lowest BCUT2D eigenvalue weighted by molar-refractivity contribution is 0.171. The molecule has 106 valence electrons. The van der Waals surface area contributed by atoms with E-state index in [0.29, 0.717) is 0 Å². The van der Waals surface area contributed by atoms with Gasteiger partial charge in [0.25, 0.3) is 0 Å². The van der Waals surface area contributed by atoms with Gasteiger partial charge in [0.05, 0.1) is 6.20 Å². The Morgan fingerprint density at radius 3 is 2.84 bits per heavy atom. The highest BCUT2D eigenvalue weighted by atomic mass is 16.3. The molecule has 4 nitrogen and oxygen atoms in total. The average molecular weight is 264 g/mol. The van der Waals surface area contributed by atoms with E-state index in [1.165, 1.54) is 12.8 Å². The Balaban J connectivity index is 2.23. The molecule has 1 saturated heterocycles. The number of hydrogen-bond donors (Lipinski definition) is 1. The Kier molecular flexibility index (Phi) is 4.30. The van der Waals surface area contributed by atoms with Crippen molar-refractivity contribution in [1.29, 1.82) is 0 Å². The zero-order valence-corrected chi connectivity index (χ0v) is 12.1. The topological polar surface area (TPSA) is 45.5 Å². The first-order valence-electron chi connectivity index (χ1n) is 7.13. The van der Waals surface area contributed by atoms with Gasteiger partial charge in [0.1, 0.15) is 0 Å². The lowest BCUT2D eigenvalue weighted by Crippen LogP contribution is -2.35. The molecule has 1 unspecified atom stereocenters. The standard InChI is InChI=1S/C15H24N2O2/c1-11(2)17-10-15(19)14(18)7-13(17)9-16-6-4-5-12(3)8-16/h7,10-12,19H,4-6,8-9H2,1-3H3. The molecule has 0 radical (unpaired) electrons. The molecule has 0 aliphatic carbocycles. The largest absolute Gasteiger partial charge is 0.503 e. The van der Waals surface area contributed by atoms with E-state index in [2.05, 4.69) is 25.7 Å². The van der Waals surface area contributed by atoms with Gasteiger partial charge in [0.15, 0.2) is 5.75 Å². The highest BCUT2D eigenvalue weighted by Crippen LogP contribution is 2.19. The van der Waals surface area contributed by atoms with Crippen LogP contribution in [0.5, 0.6) is 5.75 Å². The van der Waals surface area contributed by atoms with E-state index in [-0.39, 0.29) is 17.2 Å². The molecule has 1 aliphatic heterocycles. The number of pyridine rings is 1. The Morgan fingerprint density at radius 2 is 2.21 bits per heavy atom. The predicted molar refractivity (Wildman–Crippen MR) is 76.4 cm³/mol. The van der Waals surface area contributed by atoms with Crippen LogP contribution >= 0.6 is 0 Å². The SMILES string of the molecule is CC1CCCN(Cc2cc(=O)c(O)cn2C(C)C)C1. The predicted octanol–water partition coefficient (Wildman–Crippen LogP) is 2.37. The zero-order chi connectivity index (χ0) is 14.0. The summed E-state index contributed by atoms with van der Waals surface area (Å²) in [6.45, 7) is 9.37. The van der Waals surface area contributed by atoms with Gasteiger partial charge in [-0.25, -0.2) is 0 Å². The third-order valence-electron chi connectivity index (χ3n) is 3.83. The van der Waals surface area contributed by atoms with Crippen molar-refractivity contribution in [3.05, 3.63) is 28.2 Å². The number of hydrogen-bond acceptors (Lipinski definition) is 3. The normalized spacial score (nSPS) is 20.9. The molecule has 0 aromatic carbocycles. The summed E-state index contributed by atoms with van der Waals surface area (Å²) < 4.78 is 2.00. The van der Waals surface area contributed by atoms with E-state index in [9.17, 15) is 9.90 Å². The molecule has 1 N–H and O–H groups in total. The summed E-state index contributed by atoms with van der Waals surface area (Å²) >= 11 is 0. The van der Waals surface area contributed by atoms with Crippen molar-refractivity contribution >= 4 is 0 Å². The number of rotatable bonds is 3. The number of nitrogens with zero attached hydrogens (tertiary/aromatic N) is 2. The first-order chi connectivity index (χ1) is 8.97. The molecule has 19 heavy (non-hydrogen) atoms. The first kappa shape index (κ1) is 14.1. The summed E-state index contributed by atoms with van der Waals surface area (Å²) in [5.74, 6) is 0.564. The van der Waals surface area contributed by atoms with E-state index in [0.717, 1.165) is 31.2 Å². The van der Waals surface area contributed by atoms with Gasteiger partial charge in [0.2, 0.25) is 5.43 Å². The molecular formula is C15H24N2O2. The molecule has 2 rings (SSSR count). The summed E-state index contributed by atoms with van der Waals surface area (Å²) in [5, 5.41) is 9.57. The zero-order valence-electron chi connectivity index (χ0n) is 12.1. The first-order valence-corrected chi connectivity index (χ1v) is 7.13. The van der Waals surface area contributed by atoms with Crippen molar-refractivity contribution in [2.75, 3.05) is 13.1 Å². The van der Waals surface area contributed by atoms with Crippen LogP contribution in [0, 0.1) is 5.92 Å². The molecule has 1 atom stereocenters. The third-order valence-corrected chi connectivity index (χ3v) is 3.83. The van der Waals surface area contributed by atoms with Crippen LogP contribution in [-0.4, -0.2) is 27.7 Å². The van der Waals surface area contributed by atoms with E-state index >= 15 is 0 Å². The van der Waals surface area contributed by atoms with Gasteiger partial charge in [0, 0.05) is 30.9 Å². The summed E-state index contributed by atoms with van der Waals surface area (Å²) in [7, 11) is 0. The molecule has 1 aliphatic rings. The Bertz CT molecular complexity index is 493. The van der Waals surface area contributed by atoms with E-state index in [1.807, 2.05) is 4.57 Å². The van der Waals surface area contributed by atoms with Crippen LogP contribution in [0.3, 0.4) is 0 Å². The van der Waals surface area contributed by atoms with Crippen LogP contribution in [-0.2, 0) is 6.54 Å². The average Bonchev–Trinajstić information content (AvgIpc) is 2.33. The van der Waals surface area contributed by atoms with Gasteiger partial charge in [-0.2, -0.15) is 0 Å². The minimum Gasteiger partial charge on any atom is -0.503 e. The second-order valence-corrected chi connectivity index (χ2v) is 6.00. The quantitative estimate of drug-likeness (QED) is 0.911. The minimum atomic E-state index is -0.281. The lowest BCUT2D eigenvalue weighted by Gasteiger charge is -2.32. The molecule has 4 heteroatoms. The second-order valence-electron chi connectivity index (χ2n) is 6.00. The van der Waals surface area contributed by atoms with Crippen LogP contribution < -0.4 is 5.43 Å². The number of likely N-dealkylation sites (tertiary alicyclic amines) is 1. The highest BCUT2D eigenvalue weighted by Gasteiger charge is 2.18. The maximum Gasteiger partial charge on any atom is 0.223 e. The van der Waals surface area contributed by atoms with Crippen LogP contribution in [0.4, 0.5) is 0 Å². The van der Waals surface area contributed by atoms with Crippen LogP contribution in [0.25, 0.3) is 0 Å². The second kappa shape index (κ2) is 5.78. The number of aromatic hydroxyl groups is 1. The van der Waals surface area contributed by atoms with Crippen molar-refractivity contribution in [1.82, 2.24) is 9.47 Å². The molecule has 2 heterocycles. The van der Waals surface area contributed by atoms with Crippen molar-refractivity contribution in [2.24, 2.45) is 5.92 Å². The fourth-order valence-corrected chi connectivity index (χ4v) is 2.85. The number of piperidine rings is 1. The van der Waals surface area contributed by atoms with Gasteiger partial charge < -0.3 is 9.67 Å². The molecular weight excluding hydrogens is 240 g/mol. The summed E-state index contributed by atoms with van der Waals surface area (Å²) in [4.78, 5) is 14.0. The molecule has 0 bridgehead atoms. The number of aromatic nitrogens is 1. The van der Waals surface area contributed by atoms with Gasteiger partial charge in [-0.3, -0.25) is 9.69 Å². The molecule has 0 saturated carbocycles. The highest BCUT2D eigenvalue weighted by molar-refractivity contribution is 5.21. The smallest absolute Gasteiger partial charge is 0.223 e. The van der Waals surface area contributed by atoms with Gasteiger partial charge in [-0.15, -0.1) is 0 Å². The van der Waals surface area contributed by atoms with E-state index in [1.54, 1.807) is 12.3 Å². The molecule has 0 spiro atoms. The maximum atomic E-state index is 11.6. The van der Waals surface area contributed by atoms with Crippen molar-refractivity contribution < 1.29 is 5.11 Å². The third kappa shape index (κ3) is 3.38. The van der Waals surface area contributed by atoms with Crippen LogP contribution in [0.15, 0.2) is 17.1 Å².